The fourth-order valence-electron chi connectivity index (χ4n) is 5.67. The number of sulfonamides is 1. The second-order valence-electron chi connectivity index (χ2n) is 10.5. The first-order valence-corrected chi connectivity index (χ1v) is 15.6. The predicted octanol–water partition coefficient (Wildman–Crippen LogP) is 6.03. The van der Waals surface area contributed by atoms with Gasteiger partial charge in [-0.05, 0) is 65.8 Å². The van der Waals surface area contributed by atoms with Crippen LogP contribution in [0.15, 0.2) is 100 Å². The maximum Gasteiger partial charge on any atom is 0.407 e. The molecule has 43 heavy (non-hydrogen) atoms. The number of benzene rings is 4. The lowest BCUT2D eigenvalue weighted by molar-refractivity contribution is -0.139. The predicted molar refractivity (Wildman–Crippen MR) is 162 cm³/mol. The van der Waals surface area contributed by atoms with Crippen LogP contribution in [0.1, 0.15) is 36.3 Å². The highest BCUT2D eigenvalue weighted by Crippen LogP contribution is 2.44. The number of fused-ring (bicyclic) bond motifs is 6. The van der Waals surface area contributed by atoms with E-state index in [9.17, 15) is 23.1 Å². The van der Waals surface area contributed by atoms with Crippen LogP contribution in [0.5, 0.6) is 0 Å². The fourth-order valence-corrected chi connectivity index (χ4v) is 6.92. The normalized spacial score (nSPS) is 13.5. The Morgan fingerprint density at radius 3 is 2.21 bits per heavy atom. The molecule has 0 bridgehead atoms. The van der Waals surface area contributed by atoms with Gasteiger partial charge < -0.3 is 19.6 Å². The van der Waals surface area contributed by atoms with Crippen molar-refractivity contribution in [2.45, 2.75) is 36.1 Å². The Morgan fingerprint density at radius 2 is 1.49 bits per heavy atom. The first-order chi connectivity index (χ1) is 20.8. The quantitative estimate of drug-likeness (QED) is 0.158. The van der Waals surface area contributed by atoms with E-state index < -0.39 is 28.1 Å². The van der Waals surface area contributed by atoms with E-state index in [1.165, 1.54) is 12.1 Å². The smallest absolute Gasteiger partial charge is 0.407 e. The number of alkyl carbamates (subject to hydrolysis) is 1. The number of furan rings is 1. The number of rotatable bonds is 11. The number of carboxylic acids is 1. The van der Waals surface area contributed by atoms with Crippen molar-refractivity contribution in [3.05, 3.63) is 102 Å². The molecule has 4 aromatic carbocycles. The molecule has 6 rings (SSSR count). The van der Waals surface area contributed by atoms with E-state index in [1.807, 2.05) is 54.6 Å². The van der Waals surface area contributed by atoms with Crippen LogP contribution >= 0.6 is 0 Å². The van der Waals surface area contributed by atoms with Crippen LogP contribution in [0.25, 0.3) is 33.1 Å². The van der Waals surface area contributed by atoms with Crippen LogP contribution in [-0.2, 0) is 19.6 Å². The van der Waals surface area contributed by atoms with E-state index in [4.69, 9.17) is 9.15 Å². The van der Waals surface area contributed by atoms with Crippen LogP contribution < -0.4 is 10.0 Å². The first-order valence-electron chi connectivity index (χ1n) is 14.1. The second kappa shape index (κ2) is 11.9. The zero-order valence-electron chi connectivity index (χ0n) is 23.2. The molecule has 0 spiro atoms. The van der Waals surface area contributed by atoms with E-state index in [0.29, 0.717) is 29.4 Å². The third-order valence-electron chi connectivity index (χ3n) is 7.79. The van der Waals surface area contributed by atoms with Gasteiger partial charge in [0.25, 0.3) is 0 Å². The van der Waals surface area contributed by atoms with E-state index in [1.54, 1.807) is 12.1 Å². The number of amides is 1. The van der Waals surface area contributed by atoms with Gasteiger partial charge in [-0.25, -0.2) is 13.2 Å². The van der Waals surface area contributed by atoms with Crippen molar-refractivity contribution >= 4 is 44.0 Å². The number of nitrogens with one attached hydrogen (secondary N) is 2. The summed E-state index contributed by atoms with van der Waals surface area (Å²) in [5, 5.41) is 13.8. The molecule has 1 atom stereocenters. The van der Waals surface area contributed by atoms with Crippen LogP contribution in [0.3, 0.4) is 0 Å². The lowest BCUT2D eigenvalue weighted by Crippen LogP contribution is -2.40. The number of carboxylic acid groups (broad SMARTS) is 1. The minimum absolute atomic E-state index is 0.0459. The summed E-state index contributed by atoms with van der Waals surface area (Å²) >= 11 is 0. The third kappa shape index (κ3) is 5.84. The highest BCUT2D eigenvalue weighted by molar-refractivity contribution is 7.89. The monoisotopic (exact) mass is 598 g/mol. The van der Waals surface area contributed by atoms with Crippen molar-refractivity contribution < 1.29 is 32.3 Å². The minimum Gasteiger partial charge on any atom is -0.480 e. The van der Waals surface area contributed by atoms with Crippen LogP contribution in [0.2, 0.25) is 0 Å². The molecule has 1 aliphatic rings. The summed E-state index contributed by atoms with van der Waals surface area (Å²) in [7, 11) is -4.12. The topological polar surface area (TPSA) is 135 Å². The molecule has 1 amide bonds. The molecule has 0 saturated carbocycles. The highest BCUT2D eigenvalue weighted by Gasteiger charge is 2.29. The molecule has 1 aliphatic carbocycles. The molecule has 1 unspecified atom stereocenters. The molecule has 10 heteroatoms. The van der Waals surface area contributed by atoms with Gasteiger partial charge in [-0.3, -0.25) is 4.79 Å². The molecule has 0 radical (unpaired) electrons. The molecule has 0 aliphatic heterocycles. The van der Waals surface area contributed by atoms with Gasteiger partial charge in [0.2, 0.25) is 10.0 Å². The lowest BCUT2D eigenvalue weighted by atomic mass is 9.98. The molecule has 5 aromatic rings. The summed E-state index contributed by atoms with van der Waals surface area (Å²) < 4.78 is 39.8. The summed E-state index contributed by atoms with van der Waals surface area (Å²) in [6, 6.07) is 26.6. The van der Waals surface area contributed by atoms with Crippen LogP contribution in [0, 0.1) is 0 Å². The van der Waals surface area contributed by atoms with Gasteiger partial charge >= 0.3 is 12.1 Å². The van der Waals surface area contributed by atoms with Gasteiger partial charge in [0.1, 0.15) is 23.8 Å². The lowest BCUT2D eigenvalue weighted by Gasteiger charge is -2.16. The highest BCUT2D eigenvalue weighted by atomic mass is 32.2. The van der Waals surface area contributed by atoms with Crippen molar-refractivity contribution in [2.75, 3.05) is 13.2 Å². The molecule has 220 valence electrons. The summed E-state index contributed by atoms with van der Waals surface area (Å²) in [5.41, 5.74) is 5.71. The number of ether oxygens (including phenoxy) is 1. The van der Waals surface area contributed by atoms with Gasteiger partial charge in [-0.15, -0.1) is 0 Å². The summed E-state index contributed by atoms with van der Waals surface area (Å²) in [5.74, 6) is -1.32. The molecule has 0 fully saturated rings. The zero-order chi connectivity index (χ0) is 30.0. The van der Waals surface area contributed by atoms with Gasteiger partial charge in [0, 0.05) is 23.2 Å². The van der Waals surface area contributed by atoms with Gasteiger partial charge in [-0.2, -0.15) is 4.72 Å². The van der Waals surface area contributed by atoms with E-state index in [-0.39, 0.29) is 30.4 Å². The largest absolute Gasteiger partial charge is 0.480 e. The number of hydrogen-bond donors (Lipinski definition) is 3. The van der Waals surface area contributed by atoms with Crippen molar-refractivity contribution in [2.24, 2.45) is 0 Å². The average Bonchev–Trinajstić information content (AvgIpc) is 3.54. The van der Waals surface area contributed by atoms with Crippen molar-refractivity contribution in [3.8, 4) is 11.1 Å². The Labute approximate surface area is 248 Å². The SMILES string of the molecule is O=C(NCCCCC(NS(=O)(=O)c1ccc2oc3ccccc3c2c1)C(=O)O)OCC1c2ccccc2-c2ccccc21. The fraction of sp³-hybridized carbons (Fsp3) is 0.212. The Bertz CT molecular complexity index is 1890. The minimum atomic E-state index is -4.12. The Hall–Kier alpha value is -4.67. The standard InChI is InChI=1S/C33H30N2O7S/c36-32(37)29(35-43(39,40)21-16-17-31-27(19-21)26-13-5-6-15-30(26)42-31)14-7-8-18-34-33(38)41-20-28-24-11-3-1-9-22(24)23-10-2-4-12-25(23)28/h1-6,9-13,15-17,19,28-29,35H,7-8,14,18,20H2,(H,34,38)(H,36,37). The molecular formula is C33H30N2O7S. The van der Waals surface area contributed by atoms with Crippen LogP contribution in [0.4, 0.5) is 4.79 Å². The van der Waals surface area contributed by atoms with Crippen LogP contribution in [-0.4, -0.2) is 44.8 Å². The zero-order valence-corrected chi connectivity index (χ0v) is 24.0. The summed E-state index contributed by atoms with van der Waals surface area (Å²) in [6.45, 7) is 0.461. The van der Waals surface area contributed by atoms with Crippen molar-refractivity contribution in [3.63, 3.8) is 0 Å². The first kappa shape index (κ1) is 28.4. The van der Waals surface area contributed by atoms with Gasteiger partial charge in [-0.1, -0.05) is 66.7 Å². The average molecular weight is 599 g/mol. The molecule has 9 nitrogen and oxygen atoms in total. The number of para-hydroxylation sites is 1. The molecule has 3 N–H and O–H groups in total. The summed E-state index contributed by atoms with van der Waals surface area (Å²) in [4.78, 5) is 24.2. The number of carbonyl (C=O) groups is 2. The molecular weight excluding hydrogens is 568 g/mol. The second-order valence-corrected chi connectivity index (χ2v) is 12.2. The van der Waals surface area contributed by atoms with Crippen molar-refractivity contribution in [1.29, 1.82) is 0 Å². The Morgan fingerprint density at radius 1 is 0.837 bits per heavy atom. The number of unbranched alkanes of at least 4 members (excludes halogenated alkanes) is 1. The third-order valence-corrected chi connectivity index (χ3v) is 9.26. The van der Waals surface area contributed by atoms with E-state index in [2.05, 4.69) is 22.2 Å². The number of aliphatic carboxylic acids is 1. The van der Waals surface area contributed by atoms with E-state index in [0.717, 1.165) is 27.6 Å². The number of hydrogen-bond acceptors (Lipinski definition) is 6. The Kier molecular flexibility index (Phi) is 7.88. The van der Waals surface area contributed by atoms with Gasteiger partial charge in [0.15, 0.2) is 0 Å². The maximum atomic E-state index is 13.1. The van der Waals surface area contributed by atoms with Gasteiger partial charge in [0.05, 0.1) is 4.90 Å². The Balaban J connectivity index is 0.994. The molecule has 1 heterocycles. The molecule has 1 aromatic heterocycles. The van der Waals surface area contributed by atoms with Crippen molar-refractivity contribution in [1.82, 2.24) is 10.0 Å². The summed E-state index contributed by atoms with van der Waals surface area (Å²) in [6.07, 6.45) is 0.314. The number of carbonyl (C=O) groups excluding carboxylic acids is 1. The van der Waals surface area contributed by atoms with E-state index >= 15 is 0 Å². The molecule has 0 saturated heterocycles. The maximum absolute atomic E-state index is 13.1.